The number of nitro groups is 2. The predicted molar refractivity (Wildman–Crippen MR) is 94.8 cm³/mol. The van der Waals surface area contributed by atoms with Crippen LogP contribution >= 0.6 is 22.6 Å². The molecule has 0 N–H and O–H groups in total. The van der Waals surface area contributed by atoms with E-state index in [0.717, 1.165) is 0 Å². The van der Waals surface area contributed by atoms with E-state index in [1.54, 1.807) is 12.5 Å². The maximum absolute atomic E-state index is 12.7. The van der Waals surface area contributed by atoms with E-state index in [4.69, 9.17) is 0 Å². The summed E-state index contributed by atoms with van der Waals surface area (Å²) in [5.74, 6) is -0.403. The first-order valence-corrected chi connectivity index (χ1v) is 9.36. The van der Waals surface area contributed by atoms with Gasteiger partial charge in [-0.15, -0.1) is 0 Å². The lowest BCUT2D eigenvalue weighted by Crippen LogP contribution is -2.08. The number of halogens is 1. The van der Waals surface area contributed by atoms with Crippen LogP contribution < -0.4 is 5.11 Å². The molecule has 0 saturated carbocycles. The van der Waals surface area contributed by atoms with Crippen LogP contribution in [-0.2, 0) is 10.9 Å². The molecule has 0 radical (unpaired) electrons. The molecule has 0 unspecified atom stereocenters. The molecule has 0 bridgehead atoms. The van der Waals surface area contributed by atoms with Gasteiger partial charge in [-0.2, -0.15) is 0 Å². The van der Waals surface area contributed by atoms with Crippen molar-refractivity contribution in [2.75, 3.05) is 12.5 Å². The van der Waals surface area contributed by atoms with Gasteiger partial charge in [0.25, 0.3) is 5.69 Å². The van der Waals surface area contributed by atoms with Crippen molar-refractivity contribution in [3.63, 3.8) is 0 Å². The Balaban J connectivity index is 2.68. The number of nitrogens with zero attached hydrogens (tertiary/aromatic N) is 2. The smallest absolute Gasteiger partial charge is 0.323 e. The minimum Gasteiger partial charge on any atom is -0.868 e. The molecule has 0 heterocycles. The number of benzene rings is 2. The van der Waals surface area contributed by atoms with Crippen molar-refractivity contribution in [3.05, 3.63) is 54.1 Å². The lowest BCUT2D eigenvalue weighted by atomic mass is 10.0. The van der Waals surface area contributed by atoms with Crippen molar-refractivity contribution in [1.82, 2.24) is 0 Å². The molecule has 2 aromatic rings. The molecule has 2 rings (SSSR count). The minimum absolute atomic E-state index is 0.0709. The van der Waals surface area contributed by atoms with E-state index in [-0.39, 0.29) is 16.3 Å². The third-order valence-corrected chi connectivity index (χ3v) is 5.25. The molecule has 7 nitrogen and oxygen atoms in total. The van der Waals surface area contributed by atoms with E-state index in [2.05, 4.69) is 0 Å². The molecule has 0 aliphatic rings. The maximum Gasteiger partial charge on any atom is 0.323 e. The largest absolute Gasteiger partial charge is 0.868 e. The zero-order chi connectivity index (χ0) is 17.3. The van der Waals surface area contributed by atoms with E-state index in [1.165, 1.54) is 30.3 Å². The maximum atomic E-state index is 12.7. The first kappa shape index (κ1) is 17.5. The summed E-state index contributed by atoms with van der Waals surface area (Å²) in [6.45, 7) is 0. The molecule has 0 fully saturated rings. The summed E-state index contributed by atoms with van der Waals surface area (Å²) in [6.07, 6.45) is 3.49. The number of hydrogen-bond acceptors (Lipinski definition) is 5. The highest BCUT2D eigenvalue weighted by molar-refractivity contribution is 14.1. The van der Waals surface area contributed by atoms with Gasteiger partial charge in [0, 0.05) is 32.7 Å². The Morgan fingerprint density at radius 1 is 1.00 bits per heavy atom. The van der Waals surface area contributed by atoms with Crippen molar-refractivity contribution in [2.45, 2.75) is 4.90 Å². The summed E-state index contributed by atoms with van der Waals surface area (Å²) >= 11 is 1.92. The van der Waals surface area contributed by atoms with Gasteiger partial charge in [-0.3, -0.25) is 20.2 Å². The van der Waals surface area contributed by atoms with Crippen LogP contribution in [0, 0.1) is 23.8 Å². The molecular formula is C14H11IN2O5S. The van der Waals surface area contributed by atoms with Crippen molar-refractivity contribution < 1.29 is 15.0 Å². The van der Waals surface area contributed by atoms with E-state index < -0.39 is 26.5 Å². The molecular weight excluding hydrogens is 435 g/mol. The number of non-ortho nitro benzene ring substituents is 1. The molecule has 0 aliphatic carbocycles. The van der Waals surface area contributed by atoms with Crippen molar-refractivity contribution in [2.24, 2.45) is 0 Å². The van der Waals surface area contributed by atoms with Gasteiger partial charge in [0.2, 0.25) is 4.90 Å². The number of hydrogen-bond donors (Lipinski definition) is 0. The summed E-state index contributed by atoms with van der Waals surface area (Å²) in [5.41, 5.74) is 0.580. The van der Waals surface area contributed by atoms with Gasteiger partial charge in [-0.05, 0) is 51.6 Å². The topological polar surface area (TPSA) is 109 Å². The predicted octanol–water partition coefficient (Wildman–Crippen LogP) is 3.09. The molecule has 2 aromatic carbocycles. The summed E-state index contributed by atoms with van der Waals surface area (Å²) in [7, 11) is -0.590. The van der Waals surface area contributed by atoms with E-state index in [0.29, 0.717) is 14.7 Å². The van der Waals surface area contributed by atoms with Crippen molar-refractivity contribution in [1.29, 1.82) is 0 Å². The van der Waals surface area contributed by atoms with E-state index in [9.17, 15) is 25.3 Å². The van der Waals surface area contributed by atoms with Gasteiger partial charge in [-0.1, -0.05) is 0 Å². The second-order valence-electron chi connectivity index (χ2n) is 4.79. The lowest BCUT2D eigenvalue weighted by molar-refractivity contribution is -0.389. The molecule has 0 spiro atoms. The highest BCUT2D eigenvalue weighted by Gasteiger charge is 2.27. The Bertz CT molecular complexity index is 810. The van der Waals surface area contributed by atoms with Gasteiger partial charge in [-0.25, -0.2) is 0 Å². The van der Waals surface area contributed by atoms with Crippen LogP contribution in [0.25, 0.3) is 11.1 Å². The van der Waals surface area contributed by atoms with Crippen LogP contribution in [0.2, 0.25) is 0 Å². The number of nitro benzene ring substituents is 2. The van der Waals surface area contributed by atoms with Crippen LogP contribution in [0.3, 0.4) is 0 Å². The summed E-state index contributed by atoms with van der Waals surface area (Å²) in [6, 6.07) is 6.90. The average molecular weight is 446 g/mol. The molecule has 0 amide bonds. The normalized spacial score (nSPS) is 10.8. The first-order chi connectivity index (χ1) is 10.7. The second-order valence-corrected chi connectivity index (χ2v) is 7.99. The summed E-state index contributed by atoms with van der Waals surface area (Å²) in [4.78, 5) is 21.0. The fourth-order valence-corrected chi connectivity index (χ4v) is 3.97. The highest BCUT2D eigenvalue weighted by Crippen LogP contribution is 2.40. The monoisotopic (exact) mass is 446 g/mol. The molecule has 0 atom stereocenters. The quantitative estimate of drug-likeness (QED) is 0.310. The van der Waals surface area contributed by atoms with Crippen molar-refractivity contribution in [3.8, 4) is 16.9 Å². The second kappa shape index (κ2) is 6.71. The van der Waals surface area contributed by atoms with Crippen LogP contribution in [0.4, 0.5) is 11.4 Å². The van der Waals surface area contributed by atoms with Crippen LogP contribution in [0.5, 0.6) is 5.75 Å². The van der Waals surface area contributed by atoms with Gasteiger partial charge < -0.3 is 5.11 Å². The third kappa shape index (κ3) is 3.39. The standard InChI is InChI=1S/C14H11IN2O5S/c1-23(2)14-12(17(21)22)6-5-10(13(14)18)9-4-3-8(16(19)20)7-11(9)15/h3-7H,1-2H3. The highest BCUT2D eigenvalue weighted by atomic mass is 127. The SMILES string of the molecule is C[S+](C)c1c([N+](=O)[O-])ccc(-c2ccc([N+](=O)[O-])cc2I)c1[O-]. The Morgan fingerprint density at radius 2 is 1.61 bits per heavy atom. The third-order valence-electron chi connectivity index (χ3n) is 3.15. The fraction of sp³-hybridized carbons (Fsp3) is 0.143. The van der Waals surface area contributed by atoms with E-state index >= 15 is 0 Å². The zero-order valence-corrected chi connectivity index (χ0v) is 15.1. The van der Waals surface area contributed by atoms with Gasteiger partial charge >= 0.3 is 5.69 Å². The molecule has 0 aromatic heterocycles. The first-order valence-electron chi connectivity index (χ1n) is 6.24. The average Bonchev–Trinajstić information content (AvgIpc) is 2.46. The van der Waals surface area contributed by atoms with Gasteiger partial charge in [0.05, 0.1) is 9.85 Å². The molecule has 9 heteroatoms. The van der Waals surface area contributed by atoms with Crippen LogP contribution in [0.1, 0.15) is 0 Å². The Hall–Kier alpha value is -1.88. The van der Waals surface area contributed by atoms with Crippen molar-refractivity contribution >= 4 is 44.9 Å². The van der Waals surface area contributed by atoms with Crippen LogP contribution in [-0.4, -0.2) is 22.4 Å². The minimum atomic E-state index is -0.590. The molecule has 0 saturated heterocycles. The van der Waals surface area contributed by atoms with Gasteiger partial charge in [0.15, 0.2) is 0 Å². The van der Waals surface area contributed by atoms with Gasteiger partial charge in [0.1, 0.15) is 12.5 Å². The zero-order valence-electron chi connectivity index (χ0n) is 12.1. The van der Waals surface area contributed by atoms with E-state index in [1.807, 2.05) is 22.6 Å². The molecule has 0 aliphatic heterocycles. The number of rotatable bonds is 4. The Labute approximate surface area is 148 Å². The summed E-state index contributed by atoms with van der Waals surface area (Å²) in [5, 5.41) is 34.6. The Kier molecular flexibility index (Phi) is 5.09. The summed E-state index contributed by atoms with van der Waals surface area (Å²) < 4.78 is 0.542. The lowest BCUT2D eigenvalue weighted by Gasteiger charge is -2.17. The Morgan fingerprint density at radius 3 is 2.09 bits per heavy atom. The molecule has 23 heavy (non-hydrogen) atoms. The fourth-order valence-electron chi connectivity index (χ4n) is 2.14. The van der Waals surface area contributed by atoms with Crippen LogP contribution in [0.15, 0.2) is 35.2 Å². The molecule has 120 valence electrons.